The van der Waals surface area contributed by atoms with Gasteiger partial charge in [-0.25, -0.2) is 4.79 Å². The molecule has 2 heterocycles. The second-order valence-corrected chi connectivity index (χ2v) is 14.8. The number of likely N-dealkylation sites (tertiary alicyclic amines) is 1. The van der Waals surface area contributed by atoms with Crippen molar-refractivity contribution in [3.8, 4) is 5.75 Å². The normalized spacial score (nSPS) is 25.6. The second kappa shape index (κ2) is 14.0. The lowest BCUT2D eigenvalue weighted by Gasteiger charge is -2.40. The number of methoxy groups -OCH3 is 2. The van der Waals surface area contributed by atoms with Crippen LogP contribution in [0.2, 0.25) is 0 Å². The molecular formula is C35H52N4O8. The highest BCUT2D eigenvalue weighted by Gasteiger charge is 2.45. The Morgan fingerprint density at radius 3 is 2.45 bits per heavy atom. The summed E-state index contributed by atoms with van der Waals surface area (Å²) in [7, 11) is 3.29. The van der Waals surface area contributed by atoms with Gasteiger partial charge < -0.3 is 39.0 Å². The van der Waals surface area contributed by atoms with Crippen LogP contribution >= 0.6 is 0 Å². The fraction of sp³-hybridized carbons (Fsp3) is 0.714. The first-order valence-corrected chi connectivity index (χ1v) is 17.0. The molecule has 12 nitrogen and oxygen atoms in total. The second-order valence-electron chi connectivity index (χ2n) is 14.8. The molecule has 2 saturated carbocycles. The van der Waals surface area contributed by atoms with Crippen molar-refractivity contribution in [3.05, 3.63) is 18.2 Å². The molecule has 1 N–H and O–H groups in total. The van der Waals surface area contributed by atoms with E-state index < -0.39 is 29.1 Å². The van der Waals surface area contributed by atoms with E-state index in [0.29, 0.717) is 43.1 Å². The number of piperidine rings is 1. The van der Waals surface area contributed by atoms with Crippen molar-refractivity contribution in [2.75, 3.05) is 50.3 Å². The number of ether oxygens (including phenoxy) is 4. The number of anilines is 2. The molecule has 1 aromatic carbocycles. The van der Waals surface area contributed by atoms with E-state index in [2.05, 4.69) is 5.32 Å². The van der Waals surface area contributed by atoms with Gasteiger partial charge in [-0.3, -0.25) is 14.4 Å². The number of nitrogens with one attached hydrogen (secondary N) is 1. The van der Waals surface area contributed by atoms with Crippen LogP contribution in [0.15, 0.2) is 18.2 Å². The van der Waals surface area contributed by atoms with E-state index in [-0.39, 0.29) is 49.0 Å². The molecule has 5 rings (SSSR count). The predicted molar refractivity (Wildman–Crippen MR) is 176 cm³/mol. The molecule has 4 aliphatic rings. The number of hydrogen-bond acceptors (Lipinski definition) is 8. The highest BCUT2D eigenvalue weighted by molar-refractivity contribution is 6.04. The van der Waals surface area contributed by atoms with Gasteiger partial charge in [0.15, 0.2) is 5.60 Å². The van der Waals surface area contributed by atoms with Crippen molar-refractivity contribution in [1.82, 2.24) is 10.2 Å². The monoisotopic (exact) mass is 656 g/mol. The van der Waals surface area contributed by atoms with E-state index in [4.69, 9.17) is 18.9 Å². The van der Waals surface area contributed by atoms with Crippen LogP contribution in [0.4, 0.5) is 16.2 Å². The van der Waals surface area contributed by atoms with Crippen LogP contribution in [0.25, 0.3) is 0 Å². The lowest BCUT2D eigenvalue weighted by molar-refractivity contribution is -0.133. The molecule has 2 aliphatic carbocycles. The fourth-order valence-corrected chi connectivity index (χ4v) is 6.96. The number of benzene rings is 1. The Hall–Kier alpha value is -3.38. The largest absolute Gasteiger partial charge is 0.476 e. The molecular weight excluding hydrogens is 604 g/mol. The molecule has 2 aliphatic heterocycles. The van der Waals surface area contributed by atoms with Crippen LogP contribution in [-0.2, 0) is 28.6 Å². The summed E-state index contributed by atoms with van der Waals surface area (Å²) in [6, 6.07) is 5.43. The molecule has 47 heavy (non-hydrogen) atoms. The fourth-order valence-electron chi connectivity index (χ4n) is 6.96. The van der Waals surface area contributed by atoms with Gasteiger partial charge in [-0.1, -0.05) is 0 Å². The maximum absolute atomic E-state index is 14.5. The van der Waals surface area contributed by atoms with Gasteiger partial charge in [0.05, 0.1) is 29.7 Å². The first-order valence-electron chi connectivity index (χ1n) is 17.0. The quantitative estimate of drug-likeness (QED) is 0.370. The van der Waals surface area contributed by atoms with Crippen LogP contribution in [0.3, 0.4) is 0 Å². The SMILES string of the molecule is COCCCN1C(=O)C(C)(C)Oc2ccc(N(C(=O)[C@@H]3C[C@H](C(=O)N[C@H]4CCC[C@@H]4OC)CN(C(=O)OC(C)(C)C)C3)C3CC3)cc21. The Morgan fingerprint density at radius 2 is 1.79 bits per heavy atom. The molecule has 12 heteroatoms. The van der Waals surface area contributed by atoms with Crippen molar-refractivity contribution in [2.45, 2.75) is 109 Å². The first kappa shape index (κ1) is 34.9. The highest BCUT2D eigenvalue weighted by Crippen LogP contribution is 2.43. The molecule has 4 amide bonds. The molecule has 1 aromatic rings. The van der Waals surface area contributed by atoms with Gasteiger partial charge in [0.1, 0.15) is 11.4 Å². The van der Waals surface area contributed by atoms with Gasteiger partial charge in [0.2, 0.25) is 11.8 Å². The van der Waals surface area contributed by atoms with Crippen LogP contribution < -0.4 is 19.9 Å². The Bertz CT molecular complexity index is 1340. The summed E-state index contributed by atoms with van der Waals surface area (Å²) in [6.07, 6.45) is 4.72. The van der Waals surface area contributed by atoms with E-state index in [1.54, 1.807) is 58.6 Å². The number of fused-ring (bicyclic) bond motifs is 1. The van der Waals surface area contributed by atoms with Crippen molar-refractivity contribution in [2.24, 2.45) is 11.8 Å². The molecule has 3 fully saturated rings. The Morgan fingerprint density at radius 1 is 1.06 bits per heavy atom. The Balaban J connectivity index is 1.42. The number of carbonyl (C=O) groups excluding carboxylic acids is 4. The number of carbonyl (C=O) groups is 4. The Labute approximate surface area is 278 Å². The molecule has 1 saturated heterocycles. The third-order valence-electron chi connectivity index (χ3n) is 9.42. The Kier molecular flexibility index (Phi) is 10.4. The molecule has 0 bridgehead atoms. The third-order valence-corrected chi connectivity index (χ3v) is 9.42. The average Bonchev–Trinajstić information content (AvgIpc) is 3.75. The number of amides is 4. The zero-order chi connectivity index (χ0) is 34.1. The minimum Gasteiger partial charge on any atom is -0.476 e. The van der Waals surface area contributed by atoms with Crippen LogP contribution in [0.5, 0.6) is 5.75 Å². The van der Waals surface area contributed by atoms with E-state index in [1.807, 2.05) is 18.2 Å². The molecule has 0 spiro atoms. The number of nitrogens with zero attached hydrogens (tertiary/aromatic N) is 3. The van der Waals surface area contributed by atoms with Crippen molar-refractivity contribution in [3.63, 3.8) is 0 Å². The standard InChI is InChI=1S/C35H52N4O8/c1-34(2,3)47-33(43)37-20-22(30(40)36-26-10-8-11-28(26)45-7)18-23(21-37)31(41)39(24-12-13-24)25-14-15-29-27(19-25)38(16-9-17-44-6)32(42)35(4,5)46-29/h14-15,19,22-24,26,28H,8-13,16-18,20-21H2,1-7H3,(H,36,40)/t22-,23+,26-,28-/m0/s1. The van der Waals surface area contributed by atoms with Crippen LogP contribution in [0.1, 0.15) is 79.6 Å². The molecule has 4 atom stereocenters. The van der Waals surface area contributed by atoms with Gasteiger partial charge in [-0.15, -0.1) is 0 Å². The first-order chi connectivity index (χ1) is 22.2. The molecule has 260 valence electrons. The maximum atomic E-state index is 14.5. The zero-order valence-corrected chi connectivity index (χ0v) is 29.0. The lowest BCUT2D eigenvalue weighted by Crippen LogP contribution is -2.55. The van der Waals surface area contributed by atoms with Gasteiger partial charge in [0.25, 0.3) is 5.91 Å². The summed E-state index contributed by atoms with van der Waals surface area (Å²) in [6.45, 7) is 10.2. The van der Waals surface area contributed by atoms with Gasteiger partial charge in [-0.2, -0.15) is 0 Å². The smallest absolute Gasteiger partial charge is 0.410 e. The van der Waals surface area contributed by atoms with Crippen LogP contribution in [0, 0.1) is 11.8 Å². The third kappa shape index (κ3) is 8.02. The van der Waals surface area contributed by atoms with Crippen LogP contribution in [-0.4, -0.2) is 98.6 Å². The maximum Gasteiger partial charge on any atom is 0.410 e. The number of hydrogen-bond donors (Lipinski definition) is 1. The highest BCUT2D eigenvalue weighted by atomic mass is 16.6. The van der Waals surface area contributed by atoms with Crippen molar-refractivity contribution >= 4 is 35.2 Å². The molecule has 0 unspecified atom stereocenters. The summed E-state index contributed by atoms with van der Waals surface area (Å²) in [4.78, 5) is 60.0. The zero-order valence-electron chi connectivity index (χ0n) is 29.0. The van der Waals surface area contributed by atoms with E-state index in [9.17, 15) is 19.2 Å². The summed E-state index contributed by atoms with van der Waals surface area (Å²) < 4.78 is 22.6. The summed E-state index contributed by atoms with van der Waals surface area (Å²) >= 11 is 0. The van der Waals surface area contributed by atoms with E-state index in [1.165, 1.54) is 4.90 Å². The summed E-state index contributed by atoms with van der Waals surface area (Å²) in [5.74, 6) is -1.12. The topological polar surface area (TPSA) is 127 Å². The molecule has 0 aromatic heterocycles. The van der Waals surface area contributed by atoms with Crippen molar-refractivity contribution in [1.29, 1.82) is 0 Å². The summed E-state index contributed by atoms with van der Waals surface area (Å²) in [5, 5.41) is 3.16. The predicted octanol–water partition coefficient (Wildman–Crippen LogP) is 4.28. The lowest BCUT2D eigenvalue weighted by atomic mass is 9.87. The van der Waals surface area contributed by atoms with Crippen molar-refractivity contribution < 1.29 is 38.1 Å². The van der Waals surface area contributed by atoms with E-state index >= 15 is 0 Å². The van der Waals surface area contributed by atoms with E-state index in [0.717, 1.165) is 32.1 Å². The average molecular weight is 657 g/mol. The minimum atomic E-state index is -1.03. The summed E-state index contributed by atoms with van der Waals surface area (Å²) in [5.41, 5.74) is -0.485. The van der Waals surface area contributed by atoms with Gasteiger partial charge in [0, 0.05) is 52.2 Å². The van der Waals surface area contributed by atoms with Gasteiger partial charge >= 0.3 is 6.09 Å². The molecule has 0 radical (unpaired) electrons. The van der Waals surface area contributed by atoms with Gasteiger partial charge in [-0.05, 0) is 97.8 Å². The number of rotatable bonds is 10. The minimum absolute atomic E-state index is 0.00993.